The molecule has 0 aromatic rings. The zero-order chi connectivity index (χ0) is 6.41. The fourth-order valence-corrected chi connectivity index (χ4v) is 1.01. The summed E-state index contributed by atoms with van der Waals surface area (Å²) in [5.74, 6) is 0. The summed E-state index contributed by atoms with van der Waals surface area (Å²) >= 11 is 1.63. The molecule has 0 fully saturated rings. The van der Waals surface area contributed by atoms with Gasteiger partial charge >= 0.3 is 0 Å². The van der Waals surface area contributed by atoms with E-state index < -0.39 is 0 Å². The number of hydrogen-bond donors (Lipinski definition) is 0. The molecular weight excluding hydrogens is 116 g/mol. The molecule has 8 heavy (non-hydrogen) atoms. The summed E-state index contributed by atoms with van der Waals surface area (Å²) in [6.07, 6.45) is 2.29. The Morgan fingerprint density at radius 2 is 2.38 bits per heavy atom. The molecule has 46 valence electrons. The average Bonchev–Trinajstić information content (AvgIpc) is 1.68. The predicted molar refractivity (Wildman–Crippen MR) is 41.8 cm³/mol. The third-order valence-corrected chi connectivity index (χ3v) is 1.48. The van der Waals surface area contributed by atoms with Gasteiger partial charge in [0.15, 0.2) is 0 Å². The van der Waals surface area contributed by atoms with Gasteiger partial charge in [-0.15, -0.1) is 11.8 Å². The number of allylic oxidation sites excluding steroid dienone is 1. The van der Waals surface area contributed by atoms with E-state index in [0.29, 0.717) is 0 Å². The van der Waals surface area contributed by atoms with Gasteiger partial charge in [0.1, 0.15) is 0 Å². The Morgan fingerprint density at radius 1 is 1.75 bits per heavy atom. The summed E-state index contributed by atoms with van der Waals surface area (Å²) in [7, 11) is 0. The highest BCUT2D eigenvalue weighted by Gasteiger charge is 1.86. The Kier molecular flexibility index (Phi) is 4.87. The minimum Gasteiger partial charge on any atom is -0.104 e. The minimum atomic E-state index is 1.11. The Hall–Kier alpha value is -0.170. The van der Waals surface area contributed by atoms with Crippen molar-refractivity contribution in [1.82, 2.24) is 0 Å². The summed E-state index contributed by atoms with van der Waals surface area (Å²) in [5, 5.41) is 1.82. The van der Waals surface area contributed by atoms with E-state index in [-0.39, 0.29) is 0 Å². The second-order valence-corrected chi connectivity index (χ2v) is 2.72. The molecule has 0 amide bonds. The van der Waals surface area contributed by atoms with Crippen LogP contribution in [-0.4, -0.2) is 0 Å². The monoisotopic (exact) mass is 128 g/mol. The highest BCUT2D eigenvalue weighted by atomic mass is 32.2. The highest BCUT2D eigenvalue weighted by molar-refractivity contribution is 8.05. The molecule has 0 N–H and O–H groups in total. The van der Waals surface area contributed by atoms with Crippen molar-refractivity contribution in [3.8, 4) is 0 Å². The molecule has 0 aliphatic carbocycles. The first-order valence-electron chi connectivity index (χ1n) is 2.76. The molecule has 0 unspecified atom stereocenters. The first-order valence-corrected chi connectivity index (χ1v) is 3.64. The van der Waals surface area contributed by atoms with Gasteiger partial charge < -0.3 is 0 Å². The molecule has 0 rings (SSSR count). The molecule has 0 aromatic heterocycles. The molecule has 0 aliphatic heterocycles. The van der Waals surface area contributed by atoms with Crippen LogP contribution in [0.4, 0.5) is 0 Å². The first-order chi connectivity index (χ1) is 3.81. The van der Waals surface area contributed by atoms with Crippen LogP contribution in [0.25, 0.3) is 0 Å². The van der Waals surface area contributed by atoms with E-state index in [1.807, 2.05) is 5.41 Å². The van der Waals surface area contributed by atoms with Crippen LogP contribution in [0.15, 0.2) is 23.5 Å². The Balaban J connectivity index is 3.18. The lowest BCUT2D eigenvalue weighted by molar-refractivity contribution is 0.951. The third-order valence-electron chi connectivity index (χ3n) is 0.779. The van der Waals surface area contributed by atoms with Crippen LogP contribution in [-0.2, 0) is 0 Å². The zero-order valence-electron chi connectivity index (χ0n) is 5.31. The van der Waals surface area contributed by atoms with Crippen LogP contribution in [0, 0.1) is 0 Å². The number of hydrogen-bond acceptors (Lipinski definition) is 1. The first kappa shape index (κ1) is 7.83. The molecule has 0 bridgehead atoms. The maximum absolute atomic E-state index is 3.83. The Labute approximate surface area is 55.7 Å². The van der Waals surface area contributed by atoms with Gasteiger partial charge in [-0.25, -0.2) is 0 Å². The molecule has 0 heterocycles. The molecule has 1 heteroatoms. The van der Waals surface area contributed by atoms with Crippen molar-refractivity contribution in [3.63, 3.8) is 0 Å². The van der Waals surface area contributed by atoms with Crippen molar-refractivity contribution in [2.75, 3.05) is 0 Å². The lowest BCUT2D eigenvalue weighted by atomic mass is 10.3. The van der Waals surface area contributed by atoms with Gasteiger partial charge in [-0.1, -0.05) is 26.5 Å². The van der Waals surface area contributed by atoms with E-state index in [1.54, 1.807) is 11.8 Å². The molecule has 0 saturated heterocycles. The van der Waals surface area contributed by atoms with E-state index in [1.165, 1.54) is 11.3 Å². The maximum Gasteiger partial charge on any atom is -0.0181 e. The standard InChI is InChI=1S/C7H12S/c1-4-6-7(3)8-5-2/h5H,2-4,6H2,1H3. The summed E-state index contributed by atoms with van der Waals surface area (Å²) in [4.78, 5) is 1.21. The molecule has 0 atom stereocenters. The molecule has 0 radical (unpaired) electrons. The van der Waals surface area contributed by atoms with Gasteiger partial charge in [-0.3, -0.25) is 0 Å². The topological polar surface area (TPSA) is 0 Å². The predicted octanol–water partition coefficient (Wildman–Crippen LogP) is 3.18. The van der Waals surface area contributed by atoms with Gasteiger partial charge in [0, 0.05) is 0 Å². The van der Waals surface area contributed by atoms with E-state index in [4.69, 9.17) is 0 Å². The van der Waals surface area contributed by atoms with Crippen molar-refractivity contribution in [2.24, 2.45) is 0 Å². The van der Waals surface area contributed by atoms with Gasteiger partial charge in [0.2, 0.25) is 0 Å². The summed E-state index contributed by atoms with van der Waals surface area (Å²) in [6, 6.07) is 0. The quantitative estimate of drug-likeness (QED) is 0.560. The van der Waals surface area contributed by atoms with Crippen molar-refractivity contribution < 1.29 is 0 Å². The van der Waals surface area contributed by atoms with Crippen LogP contribution in [0.1, 0.15) is 19.8 Å². The number of thioether (sulfide) groups is 1. The molecule has 0 spiro atoms. The van der Waals surface area contributed by atoms with E-state index in [9.17, 15) is 0 Å². The van der Waals surface area contributed by atoms with Crippen molar-refractivity contribution in [2.45, 2.75) is 19.8 Å². The average molecular weight is 128 g/mol. The van der Waals surface area contributed by atoms with E-state index in [2.05, 4.69) is 20.1 Å². The SMILES string of the molecule is C=CSC(=C)CCC. The fraction of sp³-hybridized carbons (Fsp3) is 0.429. The van der Waals surface area contributed by atoms with Crippen LogP contribution in [0.3, 0.4) is 0 Å². The second kappa shape index (κ2) is 4.98. The lowest BCUT2D eigenvalue weighted by Crippen LogP contribution is -1.68. The van der Waals surface area contributed by atoms with Gasteiger partial charge in [-0.05, 0) is 16.7 Å². The third kappa shape index (κ3) is 4.00. The lowest BCUT2D eigenvalue weighted by Gasteiger charge is -1.94. The largest absolute Gasteiger partial charge is 0.104 e. The van der Waals surface area contributed by atoms with Gasteiger partial charge in [-0.2, -0.15) is 0 Å². The van der Waals surface area contributed by atoms with Crippen molar-refractivity contribution >= 4 is 11.8 Å². The molecule has 0 aliphatic rings. The van der Waals surface area contributed by atoms with Crippen molar-refractivity contribution in [1.29, 1.82) is 0 Å². The molecule has 0 nitrogen and oxygen atoms in total. The maximum atomic E-state index is 3.83. The second-order valence-electron chi connectivity index (χ2n) is 1.57. The highest BCUT2D eigenvalue weighted by Crippen LogP contribution is 2.18. The van der Waals surface area contributed by atoms with Crippen LogP contribution < -0.4 is 0 Å². The fourth-order valence-electron chi connectivity index (χ4n) is 0.456. The summed E-state index contributed by atoms with van der Waals surface area (Å²) in [5.41, 5.74) is 0. The smallest absolute Gasteiger partial charge is 0.0181 e. The Bertz CT molecular complexity index is 84.4. The molecular formula is C7H12S. The van der Waals surface area contributed by atoms with E-state index >= 15 is 0 Å². The van der Waals surface area contributed by atoms with Gasteiger partial charge in [0.25, 0.3) is 0 Å². The molecule has 0 aromatic carbocycles. The van der Waals surface area contributed by atoms with Gasteiger partial charge in [0.05, 0.1) is 0 Å². The molecule has 0 saturated carbocycles. The number of rotatable bonds is 4. The zero-order valence-corrected chi connectivity index (χ0v) is 6.13. The summed E-state index contributed by atoms with van der Waals surface area (Å²) in [6.45, 7) is 9.56. The van der Waals surface area contributed by atoms with Crippen molar-refractivity contribution in [3.05, 3.63) is 23.5 Å². The minimum absolute atomic E-state index is 1.11. The summed E-state index contributed by atoms with van der Waals surface area (Å²) < 4.78 is 0. The Morgan fingerprint density at radius 3 is 2.75 bits per heavy atom. The van der Waals surface area contributed by atoms with Crippen LogP contribution in [0.2, 0.25) is 0 Å². The normalized spacial score (nSPS) is 8.62. The van der Waals surface area contributed by atoms with E-state index in [0.717, 1.165) is 6.42 Å². The van der Waals surface area contributed by atoms with Crippen LogP contribution in [0.5, 0.6) is 0 Å². The van der Waals surface area contributed by atoms with Crippen LogP contribution >= 0.6 is 11.8 Å².